The van der Waals surface area contributed by atoms with Crippen LogP contribution in [-0.4, -0.2) is 6.36 Å². The van der Waals surface area contributed by atoms with Crippen LogP contribution in [0.25, 0.3) is 0 Å². The molecule has 1 aromatic carbocycles. The second-order valence-corrected chi connectivity index (χ2v) is 2.71. The van der Waals surface area contributed by atoms with Gasteiger partial charge in [-0.2, -0.15) is 5.26 Å². The Hall–Kier alpha value is -1.41. The Labute approximate surface area is 82.5 Å². The van der Waals surface area contributed by atoms with Gasteiger partial charge < -0.3 is 4.74 Å². The van der Waals surface area contributed by atoms with E-state index in [4.69, 9.17) is 16.9 Å². The van der Waals surface area contributed by atoms with Crippen LogP contribution in [0.1, 0.15) is 5.56 Å². The van der Waals surface area contributed by atoms with Gasteiger partial charge in [0.25, 0.3) is 0 Å². The SMILES string of the molecule is N#Cc1ccc(Cl)c(OC(F)(F)F)c1. The highest BCUT2D eigenvalue weighted by molar-refractivity contribution is 6.32. The molecule has 0 atom stereocenters. The standard InChI is InChI=1S/C8H3ClF3NO/c9-6-2-1-5(4-13)3-7(6)14-8(10,11)12/h1-3H. The normalized spacial score (nSPS) is 10.8. The molecule has 0 bridgehead atoms. The van der Waals surface area contributed by atoms with Crippen LogP contribution in [0, 0.1) is 11.3 Å². The number of nitriles is 1. The Kier molecular flexibility index (Phi) is 2.87. The van der Waals surface area contributed by atoms with Gasteiger partial charge >= 0.3 is 6.36 Å². The predicted octanol–water partition coefficient (Wildman–Crippen LogP) is 3.11. The third kappa shape index (κ3) is 2.82. The molecule has 0 fully saturated rings. The fraction of sp³-hybridized carbons (Fsp3) is 0.125. The van der Waals surface area contributed by atoms with Gasteiger partial charge in [-0.05, 0) is 18.2 Å². The second-order valence-electron chi connectivity index (χ2n) is 2.30. The van der Waals surface area contributed by atoms with Gasteiger partial charge in [0.1, 0.15) is 5.75 Å². The van der Waals surface area contributed by atoms with Crippen LogP contribution in [0.2, 0.25) is 5.02 Å². The lowest BCUT2D eigenvalue weighted by Gasteiger charge is -2.09. The highest BCUT2D eigenvalue weighted by Gasteiger charge is 2.32. The molecule has 0 radical (unpaired) electrons. The van der Waals surface area contributed by atoms with Crippen molar-refractivity contribution in [2.75, 3.05) is 0 Å². The van der Waals surface area contributed by atoms with Gasteiger partial charge in [-0.1, -0.05) is 11.6 Å². The molecule has 6 heteroatoms. The van der Waals surface area contributed by atoms with Crippen molar-refractivity contribution in [2.24, 2.45) is 0 Å². The first-order valence-corrected chi connectivity index (χ1v) is 3.75. The largest absolute Gasteiger partial charge is 0.573 e. The Balaban J connectivity index is 3.03. The summed E-state index contributed by atoms with van der Waals surface area (Å²) in [5.41, 5.74) is 0.0497. The minimum absolute atomic E-state index is 0.0497. The van der Waals surface area contributed by atoms with Crippen molar-refractivity contribution in [3.8, 4) is 11.8 Å². The van der Waals surface area contributed by atoms with Gasteiger partial charge in [-0.25, -0.2) is 0 Å². The summed E-state index contributed by atoms with van der Waals surface area (Å²) >= 11 is 5.42. The van der Waals surface area contributed by atoms with Gasteiger partial charge in [-0.15, -0.1) is 13.2 Å². The molecule has 1 rings (SSSR count). The zero-order valence-electron chi connectivity index (χ0n) is 6.60. The van der Waals surface area contributed by atoms with Crippen molar-refractivity contribution in [1.29, 1.82) is 5.26 Å². The summed E-state index contributed by atoms with van der Waals surface area (Å²) in [6.45, 7) is 0. The molecule has 0 aliphatic heterocycles. The van der Waals surface area contributed by atoms with Gasteiger partial charge in [0, 0.05) is 0 Å². The van der Waals surface area contributed by atoms with E-state index in [1.165, 1.54) is 12.1 Å². The number of alkyl halides is 3. The van der Waals surface area contributed by atoms with E-state index in [0.717, 1.165) is 6.07 Å². The number of nitrogens with zero attached hydrogens (tertiary/aromatic N) is 1. The smallest absolute Gasteiger partial charge is 0.404 e. The van der Waals surface area contributed by atoms with Crippen LogP contribution in [0.3, 0.4) is 0 Å². The van der Waals surface area contributed by atoms with Crippen LogP contribution < -0.4 is 4.74 Å². The van der Waals surface area contributed by atoms with E-state index in [0.29, 0.717) is 0 Å². The maximum absolute atomic E-state index is 11.8. The maximum Gasteiger partial charge on any atom is 0.573 e. The minimum atomic E-state index is -4.81. The van der Waals surface area contributed by atoms with Crippen molar-refractivity contribution >= 4 is 11.6 Å². The molecule has 1 aromatic rings. The van der Waals surface area contributed by atoms with Crippen molar-refractivity contribution in [3.05, 3.63) is 28.8 Å². The number of hydrogen-bond donors (Lipinski definition) is 0. The second kappa shape index (κ2) is 3.76. The molecule has 0 saturated heterocycles. The van der Waals surface area contributed by atoms with Crippen molar-refractivity contribution in [2.45, 2.75) is 6.36 Å². The highest BCUT2D eigenvalue weighted by atomic mass is 35.5. The first-order valence-electron chi connectivity index (χ1n) is 3.38. The zero-order valence-corrected chi connectivity index (χ0v) is 7.36. The van der Waals surface area contributed by atoms with E-state index in [-0.39, 0.29) is 10.6 Å². The monoisotopic (exact) mass is 221 g/mol. The molecule has 14 heavy (non-hydrogen) atoms. The van der Waals surface area contributed by atoms with Crippen LogP contribution in [0.5, 0.6) is 5.75 Å². The van der Waals surface area contributed by atoms with E-state index in [1.807, 2.05) is 0 Å². The molecule has 74 valence electrons. The summed E-state index contributed by atoms with van der Waals surface area (Å²) < 4.78 is 39.0. The Bertz CT molecular complexity index is 383. The molecule has 0 aliphatic rings. The fourth-order valence-electron chi connectivity index (χ4n) is 0.776. The topological polar surface area (TPSA) is 33.0 Å². The summed E-state index contributed by atoms with van der Waals surface area (Å²) in [5, 5.41) is 8.23. The van der Waals surface area contributed by atoms with Crippen molar-refractivity contribution in [3.63, 3.8) is 0 Å². The number of benzene rings is 1. The lowest BCUT2D eigenvalue weighted by molar-refractivity contribution is -0.274. The predicted molar refractivity (Wildman–Crippen MR) is 42.8 cm³/mol. The van der Waals surface area contributed by atoms with E-state index in [9.17, 15) is 13.2 Å². The zero-order chi connectivity index (χ0) is 10.8. The third-order valence-corrected chi connectivity index (χ3v) is 1.60. The number of rotatable bonds is 1. The molecule has 2 nitrogen and oxygen atoms in total. The average Bonchev–Trinajstić information content (AvgIpc) is 2.06. The average molecular weight is 222 g/mol. The van der Waals surface area contributed by atoms with Crippen LogP contribution in [0.15, 0.2) is 18.2 Å². The first-order chi connectivity index (χ1) is 6.42. The number of halogens is 4. The van der Waals surface area contributed by atoms with E-state index >= 15 is 0 Å². The molecule has 0 aromatic heterocycles. The maximum atomic E-state index is 11.8. The Morgan fingerprint density at radius 2 is 2.00 bits per heavy atom. The third-order valence-electron chi connectivity index (χ3n) is 1.29. The molecule has 0 spiro atoms. The summed E-state index contributed by atoms with van der Waals surface area (Å²) in [6.07, 6.45) is -4.81. The molecular formula is C8H3ClF3NO. The molecule has 0 heterocycles. The van der Waals surface area contributed by atoms with Gasteiger partial charge in [0.05, 0.1) is 16.7 Å². The van der Waals surface area contributed by atoms with Crippen molar-refractivity contribution in [1.82, 2.24) is 0 Å². The summed E-state index contributed by atoms with van der Waals surface area (Å²) in [7, 11) is 0. The molecule has 0 aliphatic carbocycles. The number of ether oxygens (including phenoxy) is 1. The van der Waals surface area contributed by atoms with Crippen molar-refractivity contribution < 1.29 is 17.9 Å². The molecular weight excluding hydrogens is 219 g/mol. The van der Waals surface area contributed by atoms with Gasteiger partial charge in [-0.3, -0.25) is 0 Å². The quantitative estimate of drug-likeness (QED) is 0.730. The van der Waals surface area contributed by atoms with Crippen LogP contribution in [0.4, 0.5) is 13.2 Å². The lowest BCUT2D eigenvalue weighted by Crippen LogP contribution is -2.17. The fourth-order valence-corrected chi connectivity index (χ4v) is 0.932. The summed E-state index contributed by atoms with van der Waals surface area (Å²) in [5.74, 6) is -0.571. The molecule has 0 N–H and O–H groups in total. The minimum Gasteiger partial charge on any atom is -0.404 e. The lowest BCUT2D eigenvalue weighted by atomic mass is 10.2. The Morgan fingerprint density at radius 3 is 2.50 bits per heavy atom. The van der Waals surface area contributed by atoms with Crippen LogP contribution in [-0.2, 0) is 0 Å². The number of hydrogen-bond acceptors (Lipinski definition) is 2. The van der Waals surface area contributed by atoms with Gasteiger partial charge in [0.2, 0.25) is 0 Å². The highest BCUT2D eigenvalue weighted by Crippen LogP contribution is 2.30. The molecule has 0 amide bonds. The first kappa shape index (κ1) is 10.7. The van der Waals surface area contributed by atoms with Gasteiger partial charge in [0.15, 0.2) is 0 Å². The molecule has 0 saturated carbocycles. The van der Waals surface area contributed by atoms with Crippen LogP contribution >= 0.6 is 11.6 Å². The summed E-state index contributed by atoms with van der Waals surface area (Å²) in [6, 6.07) is 5.07. The van der Waals surface area contributed by atoms with E-state index in [2.05, 4.69) is 4.74 Å². The van der Waals surface area contributed by atoms with E-state index in [1.54, 1.807) is 6.07 Å². The Morgan fingerprint density at radius 1 is 1.36 bits per heavy atom. The molecule has 0 unspecified atom stereocenters. The summed E-state index contributed by atoms with van der Waals surface area (Å²) in [4.78, 5) is 0. The van der Waals surface area contributed by atoms with E-state index < -0.39 is 12.1 Å².